The molecule has 1 saturated heterocycles. The molecule has 1 fully saturated rings. The van der Waals surface area contributed by atoms with Gasteiger partial charge in [0.2, 0.25) is 0 Å². The zero-order valence-corrected chi connectivity index (χ0v) is 11.7. The SMILES string of the molecule is CN([C@@H]1CCS(=O)(=O)C1)S(=O)(=O)c1cccs1. The van der Waals surface area contributed by atoms with Crippen molar-refractivity contribution in [2.24, 2.45) is 0 Å². The van der Waals surface area contributed by atoms with Gasteiger partial charge in [-0.1, -0.05) is 6.07 Å². The van der Waals surface area contributed by atoms with Crippen molar-refractivity contribution in [2.75, 3.05) is 18.6 Å². The van der Waals surface area contributed by atoms with Crippen LogP contribution in [-0.2, 0) is 19.9 Å². The summed E-state index contributed by atoms with van der Waals surface area (Å²) >= 11 is 1.14. The van der Waals surface area contributed by atoms with Crippen molar-refractivity contribution in [1.82, 2.24) is 4.31 Å². The lowest BCUT2D eigenvalue weighted by Crippen LogP contribution is -2.37. The van der Waals surface area contributed by atoms with E-state index in [-0.39, 0.29) is 15.7 Å². The van der Waals surface area contributed by atoms with Gasteiger partial charge in [0.25, 0.3) is 10.0 Å². The average molecular weight is 295 g/mol. The van der Waals surface area contributed by atoms with Crippen molar-refractivity contribution in [1.29, 1.82) is 0 Å². The number of nitrogens with zero attached hydrogens (tertiary/aromatic N) is 1. The van der Waals surface area contributed by atoms with Gasteiger partial charge in [0, 0.05) is 13.1 Å². The van der Waals surface area contributed by atoms with Crippen molar-refractivity contribution in [3.05, 3.63) is 17.5 Å². The third-order valence-corrected chi connectivity index (χ3v) is 7.88. The van der Waals surface area contributed by atoms with E-state index in [2.05, 4.69) is 0 Å². The first kappa shape index (κ1) is 13.0. The van der Waals surface area contributed by atoms with Crippen LogP contribution in [0.2, 0.25) is 0 Å². The minimum Gasteiger partial charge on any atom is -0.229 e. The first-order valence-corrected chi connectivity index (χ1v) is 9.19. The molecule has 0 bridgehead atoms. The highest BCUT2D eigenvalue weighted by Crippen LogP contribution is 2.25. The molecule has 1 aliphatic rings. The van der Waals surface area contributed by atoms with Gasteiger partial charge < -0.3 is 0 Å². The first-order valence-electron chi connectivity index (χ1n) is 5.05. The normalized spacial score (nSPS) is 24.2. The molecular formula is C9H13NO4S3. The lowest BCUT2D eigenvalue weighted by atomic mass is 10.3. The fourth-order valence-corrected chi connectivity index (χ4v) is 6.24. The van der Waals surface area contributed by atoms with Crippen molar-refractivity contribution in [3.63, 3.8) is 0 Å². The second-order valence-corrected chi connectivity index (χ2v) is 9.41. The van der Waals surface area contributed by atoms with Crippen LogP contribution in [0.15, 0.2) is 21.7 Å². The first-order chi connectivity index (χ1) is 7.83. The van der Waals surface area contributed by atoms with Crippen LogP contribution in [0, 0.1) is 0 Å². The molecule has 0 unspecified atom stereocenters. The van der Waals surface area contributed by atoms with Crippen LogP contribution < -0.4 is 0 Å². The number of hydrogen-bond acceptors (Lipinski definition) is 5. The van der Waals surface area contributed by atoms with E-state index in [1.54, 1.807) is 11.4 Å². The van der Waals surface area contributed by atoms with Crippen molar-refractivity contribution >= 4 is 31.2 Å². The summed E-state index contributed by atoms with van der Waals surface area (Å²) in [7, 11) is -5.17. The van der Waals surface area contributed by atoms with E-state index in [1.807, 2.05) is 0 Å². The molecule has 1 aromatic rings. The van der Waals surface area contributed by atoms with Crippen molar-refractivity contribution in [2.45, 2.75) is 16.7 Å². The molecule has 1 atom stereocenters. The van der Waals surface area contributed by atoms with Crippen molar-refractivity contribution in [3.8, 4) is 0 Å². The number of thiophene rings is 1. The monoisotopic (exact) mass is 295 g/mol. The molecule has 2 rings (SSSR count). The third-order valence-electron chi connectivity index (χ3n) is 2.85. The Kier molecular flexibility index (Phi) is 3.32. The molecule has 0 aliphatic carbocycles. The Balaban J connectivity index is 2.25. The predicted molar refractivity (Wildman–Crippen MR) is 66.3 cm³/mol. The molecule has 96 valence electrons. The zero-order valence-electron chi connectivity index (χ0n) is 9.24. The Labute approximate surface area is 105 Å². The van der Waals surface area contributed by atoms with Crippen LogP contribution in [0.1, 0.15) is 6.42 Å². The highest BCUT2D eigenvalue weighted by atomic mass is 32.2. The third kappa shape index (κ3) is 2.54. The van der Waals surface area contributed by atoms with E-state index in [0.717, 1.165) is 11.3 Å². The Bertz CT molecular complexity index is 588. The van der Waals surface area contributed by atoms with E-state index in [9.17, 15) is 16.8 Å². The second-order valence-electron chi connectivity index (χ2n) is 4.01. The summed E-state index contributed by atoms with van der Waals surface area (Å²) < 4.78 is 48.4. The average Bonchev–Trinajstić information content (AvgIpc) is 2.85. The summed E-state index contributed by atoms with van der Waals surface area (Å²) in [5.41, 5.74) is 0. The van der Waals surface area contributed by atoms with E-state index in [4.69, 9.17) is 0 Å². The summed E-state index contributed by atoms with van der Waals surface area (Å²) in [6.07, 6.45) is 0.378. The summed E-state index contributed by atoms with van der Waals surface area (Å²) in [6.45, 7) is 0. The van der Waals surface area contributed by atoms with Gasteiger partial charge in [-0.25, -0.2) is 16.8 Å². The quantitative estimate of drug-likeness (QED) is 0.816. The minimum absolute atomic E-state index is 0.0714. The predicted octanol–water partition coefficient (Wildman–Crippen LogP) is 0.556. The van der Waals surface area contributed by atoms with Crippen LogP contribution in [0.3, 0.4) is 0 Å². The van der Waals surface area contributed by atoms with Gasteiger partial charge in [-0.15, -0.1) is 11.3 Å². The van der Waals surface area contributed by atoms with E-state index in [0.29, 0.717) is 6.42 Å². The molecule has 0 N–H and O–H groups in total. The molecule has 0 spiro atoms. The lowest BCUT2D eigenvalue weighted by molar-refractivity contribution is 0.395. The molecule has 5 nitrogen and oxygen atoms in total. The molecule has 0 radical (unpaired) electrons. The molecule has 2 heterocycles. The molecule has 17 heavy (non-hydrogen) atoms. The number of hydrogen-bond donors (Lipinski definition) is 0. The standard InChI is InChI=1S/C9H13NO4S3/c1-10(8-4-6-16(11,12)7-8)17(13,14)9-3-2-5-15-9/h2-3,5,8H,4,6-7H2,1H3/t8-/m1/s1. The largest absolute Gasteiger partial charge is 0.252 e. The molecule has 1 aliphatic heterocycles. The summed E-state index contributed by atoms with van der Waals surface area (Å²) in [5.74, 6) is -0.00390. The van der Waals surface area contributed by atoms with Crippen LogP contribution in [-0.4, -0.2) is 45.7 Å². The Morgan fingerprint density at radius 1 is 1.47 bits per heavy atom. The highest BCUT2D eigenvalue weighted by molar-refractivity contribution is 7.92. The smallest absolute Gasteiger partial charge is 0.229 e. The summed E-state index contributed by atoms with van der Waals surface area (Å²) in [5, 5.41) is 1.69. The van der Waals surface area contributed by atoms with Crippen LogP contribution >= 0.6 is 11.3 Å². The molecule has 0 aromatic carbocycles. The van der Waals surface area contributed by atoms with E-state index >= 15 is 0 Å². The molecule has 8 heteroatoms. The van der Waals surface area contributed by atoms with Gasteiger partial charge in [0.15, 0.2) is 9.84 Å². The van der Waals surface area contributed by atoms with Crippen LogP contribution in [0.4, 0.5) is 0 Å². The topological polar surface area (TPSA) is 71.5 Å². The maximum absolute atomic E-state index is 12.1. The van der Waals surface area contributed by atoms with Gasteiger partial charge >= 0.3 is 0 Å². The van der Waals surface area contributed by atoms with E-state index in [1.165, 1.54) is 17.4 Å². The minimum atomic E-state index is -3.54. The fraction of sp³-hybridized carbons (Fsp3) is 0.556. The summed E-state index contributed by atoms with van der Waals surface area (Å²) in [4.78, 5) is 0. The second kappa shape index (κ2) is 4.34. The van der Waals surface area contributed by atoms with Gasteiger partial charge in [-0.3, -0.25) is 0 Å². The van der Waals surface area contributed by atoms with Gasteiger partial charge in [0.1, 0.15) is 4.21 Å². The molecule has 0 saturated carbocycles. The Morgan fingerprint density at radius 3 is 2.65 bits per heavy atom. The van der Waals surface area contributed by atoms with Crippen molar-refractivity contribution < 1.29 is 16.8 Å². The van der Waals surface area contributed by atoms with Crippen LogP contribution in [0.25, 0.3) is 0 Å². The van der Waals surface area contributed by atoms with Gasteiger partial charge in [-0.2, -0.15) is 4.31 Å². The lowest BCUT2D eigenvalue weighted by Gasteiger charge is -2.21. The highest BCUT2D eigenvalue weighted by Gasteiger charge is 2.36. The fourth-order valence-electron chi connectivity index (χ4n) is 1.81. The molecular weight excluding hydrogens is 282 g/mol. The summed E-state index contributed by atoms with van der Waals surface area (Å²) in [6, 6.07) is 2.75. The van der Waals surface area contributed by atoms with E-state index < -0.39 is 25.9 Å². The number of sulfone groups is 1. The molecule has 1 aromatic heterocycles. The number of sulfonamides is 1. The zero-order chi connectivity index (χ0) is 12.7. The Morgan fingerprint density at radius 2 is 2.18 bits per heavy atom. The number of rotatable bonds is 3. The maximum Gasteiger partial charge on any atom is 0.252 e. The maximum atomic E-state index is 12.1. The van der Waals surface area contributed by atoms with Gasteiger partial charge in [-0.05, 0) is 17.9 Å². The molecule has 0 amide bonds. The van der Waals surface area contributed by atoms with Gasteiger partial charge in [0.05, 0.1) is 11.5 Å². The van der Waals surface area contributed by atoms with Crippen LogP contribution in [0.5, 0.6) is 0 Å². The Hall–Kier alpha value is -0.440.